The van der Waals surface area contributed by atoms with E-state index >= 15 is 0 Å². The number of aryl methyl sites for hydroxylation is 1. The maximum absolute atomic E-state index is 11.8. The maximum atomic E-state index is 11.8. The van der Waals surface area contributed by atoms with E-state index in [4.69, 9.17) is 5.11 Å². The van der Waals surface area contributed by atoms with Crippen molar-refractivity contribution in [3.05, 3.63) is 18.2 Å². The molecule has 1 heterocycles. The highest BCUT2D eigenvalue weighted by molar-refractivity contribution is 7.87. The minimum atomic E-state index is -3.48. The van der Waals surface area contributed by atoms with Crippen LogP contribution in [0.4, 0.5) is 0 Å². The Labute approximate surface area is 95.7 Å². The molecule has 0 amide bonds. The second-order valence-corrected chi connectivity index (χ2v) is 5.67. The van der Waals surface area contributed by atoms with Crippen LogP contribution in [-0.2, 0) is 16.6 Å². The molecule has 6 nitrogen and oxygen atoms in total. The second kappa shape index (κ2) is 5.42. The minimum absolute atomic E-state index is 0.120. The molecule has 0 atom stereocenters. The predicted octanol–water partition coefficient (Wildman–Crippen LogP) is -0.147. The summed E-state index contributed by atoms with van der Waals surface area (Å²) in [5.41, 5.74) is 0.641. The molecule has 0 aliphatic carbocycles. The van der Waals surface area contributed by atoms with Gasteiger partial charge in [-0.2, -0.15) is 12.7 Å². The van der Waals surface area contributed by atoms with Crippen LogP contribution >= 0.6 is 0 Å². The molecule has 0 radical (unpaired) electrons. The topological polar surface area (TPSA) is 75.4 Å². The van der Waals surface area contributed by atoms with Crippen LogP contribution < -0.4 is 0 Å². The average molecular weight is 247 g/mol. The highest BCUT2D eigenvalue weighted by Crippen LogP contribution is 2.09. The van der Waals surface area contributed by atoms with E-state index in [0.29, 0.717) is 18.5 Å². The van der Waals surface area contributed by atoms with Gasteiger partial charge in [0.05, 0.1) is 5.69 Å². The molecule has 0 spiro atoms. The summed E-state index contributed by atoms with van der Waals surface area (Å²) in [6.45, 7) is 0.120. The van der Waals surface area contributed by atoms with E-state index in [-0.39, 0.29) is 6.61 Å². The summed E-state index contributed by atoms with van der Waals surface area (Å²) in [5, 5.41) is 8.66. The SMILES string of the molecule is CN(C)S(=O)(=O)n1cncc1CCCCO. The maximum Gasteiger partial charge on any atom is 0.308 e. The van der Waals surface area contributed by atoms with Crippen molar-refractivity contribution in [2.24, 2.45) is 0 Å². The van der Waals surface area contributed by atoms with Gasteiger partial charge in [-0.15, -0.1) is 0 Å². The monoisotopic (exact) mass is 247 g/mol. The van der Waals surface area contributed by atoms with Crippen LogP contribution in [-0.4, -0.2) is 47.5 Å². The van der Waals surface area contributed by atoms with Gasteiger partial charge in [0.2, 0.25) is 0 Å². The van der Waals surface area contributed by atoms with Gasteiger partial charge in [-0.3, -0.25) is 0 Å². The van der Waals surface area contributed by atoms with Crippen LogP contribution in [0.25, 0.3) is 0 Å². The third-order valence-corrected chi connectivity index (χ3v) is 3.98. The summed E-state index contributed by atoms with van der Waals surface area (Å²) < 4.78 is 26.0. The fourth-order valence-electron chi connectivity index (χ4n) is 1.29. The van der Waals surface area contributed by atoms with Crippen molar-refractivity contribution in [2.45, 2.75) is 19.3 Å². The van der Waals surface area contributed by atoms with E-state index < -0.39 is 10.2 Å². The minimum Gasteiger partial charge on any atom is -0.396 e. The van der Waals surface area contributed by atoms with Gasteiger partial charge in [-0.1, -0.05) is 0 Å². The zero-order chi connectivity index (χ0) is 12.2. The first-order chi connectivity index (χ1) is 7.50. The smallest absolute Gasteiger partial charge is 0.308 e. The van der Waals surface area contributed by atoms with Gasteiger partial charge in [0.1, 0.15) is 6.33 Å². The van der Waals surface area contributed by atoms with Crippen molar-refractivity contribution in [1.29, 1.82) is 0 Å². The van der Waals surface area contributed by atoms with Crippen LogP contribution in [0.3, 0.4) is 0 Å². The number of nitrogens with zero attached hydrogens (tertiary/aromatic N) is 3. The Morgan fingerprint density at radius 2 is 2.12 bits per heavy atom. The van der Waals surface area contributed by atoms with Crippen molar-refractivity contribution >= 4 is 10.2 Å². The first-order valence-corrected chi connectivity index (χ1v) is 6.45. The lowest BCUT2D eigenvalue weighted by molar-refractivity contribution is 0.284. The quantitative estimate of drug-likeness (QED) is 0.709. The lowest BCUT2D eigenvalue weighted by Gasteiger charge is -2.14. The van der Waals surface area contributed by atoms with Gasteiger partial charge in [0, 0.05) is 26.9 Å². The van der Waals surface area contributed by atoms with E-state index in [1.165, 1.54) is 24.4 Å². The fourth-order valence-corrected chi connectivity index (χ4v) is 2.25. The van der Waals surface area contributed by atoms with Crippen molar-refractivity contribution in [2.75, 3.05) is 20.7 Å². The van der Waals surface area contributed by atoms with E-state index in [9.17, 15) is 8.42 Å². The number of aliphatic hydroxyl groups is 1. The Bertz CT molecular complexity index is 425. The summed E-state index contributed by atoms with van der Waals surface area (Å²) >= 11 is 0. The van der Waals surface area contributed by atoms with E-state index in [2.05, 4.69) is 4.98 Å². The molecule has 1 rings (SSSR count). The van der Waals surface area contributed by atoms with E-state index in [1.807, 2.05) is 0 Å². The Kier molecular flexibility index (Phi) is 4.45. The predicted molar refractivity (Wildman–Crippen MR) is 60.3 cm³/mol. The van der Waals surface area contributed by atoms with Crippen LogP contribution in [0.5, 0.6) is 0 Å². The summed E-state index contributed by atoms with van der Waals surface area (Å²) in [7, 11) is -0.518. The largest absolute Gasteiger partial charge is 0.396 e. The van der Waals surface area contributed by atoms with Gasteiger partial charge in [-0.05, 0) is 19.3 Å². The number of rotatable bonds is 6. The molecule has 0 saturated carbocycles. The molecule has 92 valence electrons. The molecule has 1 aromatic heterocycles. The van der Waals surface area contributed by atoms with Gasteiger partial charge >= 0.3 is 10.2 Å². The Hall–Kier alpha value is -0.920. The van der Waals surface area contributed by atoms with Gasteiger partial charge in [0.25, 0.3) is 0 Å². The Morgan fingerprint density at radius 3 is 2.69 bits per heavy atom. The lowest BCUT2D eigenvalue weighted by atomic mass is 10.2. The fraction of sp³-hybridized carbons (Fsp3) is 0.667. The molecule has 1 aromatic rings. The van der Waals surface area contributed by atoms with E-state index in [1.54, 1.807) is 6.20 Å². The summed E-state index contributed by atoms with van der Waals surface area (Å²) in [6, 6.07) is 0. The molecule has 0 saturated heterocycles. The Balaban J connectivity index is 2.86. The summed E-state index contributed by atoms with van der Waals surface area (Å²) in [5.74, 6) is 0. The summed E-state index contributed by atoms with van der Waals surface area (Å²) in [6.07, 6.45) is 4.83. The van der Waals surface area contributed by atoms with E-state index in [0.717, 1.165) is 10.7 Å². The molecule has 16 heavy (non-hydrogen) atoms. The number of aromatic nitrogens is 2. The molecule has 1 N–H and O–H groups in total. The first-order valence-electron chi connectivity index (χ1n) is 5.05. The number of hydrogen-bond acceptors (Lipinski definition) is 4. The van der Waals surface area contributed by atoms with Crippen LogP contribution in [0, 0.1) is 0 Å². The average Bonchev–Trinajstić information content (AvgIpc) is 2.66. The third-order valence-electron chi connectivity index (χ3n) is 2.23. The molecule has 0 aliphatic heterocycles. The van der Waals surface area contributed by atoms with Crippen molar-refractivity contribution < 1.29 is 13.5 Å². The third kappa shape index (κ3) is 2.81. The van der Waals surface area contributed by atoms with Crippen LogP contribution in [0.1, 0.15) is 18.5 Å². The summed E-state index contributed by atoms with van der Waals surface area (Å²) in [4.78, 5) is 3.84. The lowest BCUT2D eigenvalue weighted by Crippen LogP contribution is -2.29. The normalized spacial score (nSPS) is 12.2. The van der Waals surface area contributed by atoms with Crippen molar-refractivity contribution in [1.82, 2.24) is 13.3 Å². The van der Waals surface area contributed by atoms with Crippen molar-refractivity contribution in [3.63, 3.8) is 0 Å². The van der Waals surface area contributed by atoms with Gasteiger partial charge in [0.15, 0.2) is 0 Å². The Morgan fingerprint density at radius 1 is 1.44 bits per heavy atom. The van der Waals surface area contributed by atoms with Crippen LogP contribution in [0.15, 0.2) is 12.5 Å². The molecule has 0 bridgehead atoms. The number of hydrogen-bond donors (Lipinski definition) is 1. The highest BCUT2D eigenvalue weighted by atomic mass is 32.2. The highest BCUT2D eigenvalue weighted by Gasteiger charge is 2.18. The zero-order valence-corrected chi connectivity index (χ0v) is 10.3. The molecule has 0 fully saturated rings. The molecular formula is C9H17N3O3S. The molecular weight excluding hydrogens is 230 g/mol. The molecule has 0 aromatic carbocycles. The molecule has 0 unspecified atom stereocenters. The first kappa shape index (κ1) is 13.1. The van der Waals surface area contributed by atoms with Crippen molar-refractivity contribution in [3.8, 4) is 0 Å². The molecule has 0 aliphatic rings. The number of aliphatic hydroxyl groups excluding tert-OH is 1. The number of unbranched alkanes of at least 4 members (excludes halogenated alkanes) is 1. The van der Waals surface area contributed by atoms with Crippen LogP contribution in [0.2, 0.25) is 0 Å². The molecule has 7 heteroatoms. The van der Waals surface area contributed by atoms with Gasteiger partial charge in [-0.25, -0.2) is 8.96 Å². The second-order valence-electron chi connectivity index (χ2n) is 3.65. The standard InChI is InChI=1S/C9H17N3O3S/c1-11(2)16(14,15)12-8-10-7-9(12)5-3-4-6-13/h7-8,13H,3-6H2,1-2H3. The number of imidazole rings is 1. The zero-order valence-electron chi connectivity index (χ0n) is 9.50. The van der Waals surface area contributed by atoms with Gasteiger partial charge < -0.3 is 5.11 Å².